The molecule has 3 amide bonds. The van der Waals surface area contributed by atoms with Crippen molar-refractivity contribution in [3.8, 4) is 0 Å². The van der Waals surface area contributed by atoms with Crippen molar-refractivity contribution in [2.75, 3.05) is 39.8 Å². The Morgan fingerprint density at radius 1 is 1.05 bits per heavy atom. The number of rotatable bonds is 3. The normalized spacial score (nSPS) is 14.4. The standard InChI is InChI=1S/C15H19N3O4/c1-22-15(21)18-9-7-17(8-10-18)13(19)11-16-14(20)12-5-3-2-4-6-12/h2-6H,7-11H2,1H3,(H,16,20). The van der Waals surface area contributed by atoms with E-state index in [1.54, 1.807) is 34.1 Å². The lowest BCUT2D eigenvalue weighted by Crippen LogP contribution is -2.52. The van der Waals surface area contributed by atoms with E-state index >= 15 is 0 Å². The number of piperazine rings is 1. The van der Waals surface area contributed by atoms with Crippen molar-refractivity contribution >= 4 is 17.9 Å². The van der Waals surface area contributed by atoms with E-state index in [9.17, 15) is 14.4 Å². The Hall–Kier alpha value is -2.57. The van der Waals surface area contributed by atoms with Gasteiger partial charge in [-0.2, -0.15) is 0 Å². The molecule has 1 aromatic carbocycles. The van der Waals surface area contributed by atoms with Gasteiger partial charge < -0.3 is 19.9 Å². The van der Waals surface area contributed by atoms with E-state index in [0.717, 1.165) is 0 Å². The molecule has 7 nitrogen and oxygen atoms in total. The lowest BCUT2D eigenvalue weighted by molar-refractivity contribution is -0.131. The lowest BCUT2D eigenvalue weighted by atomic mass is 10.2. The number of hydrogen-bond donors (Lipinski definition) is 1. The summed E-state index contributed by atoms with van der Waals surface area (Å²) in [7, 11) is 1.33. The van der Waals surface area contributed by atoms with E-state index in [1.165, 1.54) is 7.11 Å². The summed E-state index contributed by atoms with van der Waals surface area (Å²) < 4.78 is 4.64. The molecule has 118 valence electrons. The number of ether oxygens (including phenoxy) is 1. The minimum Gasteiger partial charge on any atom is -0.453 e. The summed E-state index contributed by atoms with van der Waals surface area (Å²) in [5, 5.41) is 2.61. The first-order chi connectivity index (χ1) is 10.6. The third-order valence-electron chi connectivity index (χ3n) is 3.50. The number of nitrogens with one attached hydrogen (secondary N) is 1. The average Bonchev–Trinajstić information content (AvgIpc) is 2.59. The molecular formula is C15H19N3O4. The highest BCUT2D eigenvalue weighted by Crippen LogP contribution is 2.04. The number of carbonyl (C=O) groups excluding carboxylic acids is 3. The van der Waals surface area contributed by atoms with Crippen molar-refractivity contribution in [3.63, 3.8) is 0 Å². The monoisotopic (exact) mass is 305 g/mol. The van der Waals surface area contributed by atoms with Crippen LogP contribution < -0.4 is 5.32 Å². The quantitative estimate of drug-likeness (QED) is 0.872. The predicted octanol–water partition coefficient (Wildman–Crippen LogP) is 0.327. The van der Waals surface area contributed by atoms with Gasteiger partial charge in [0, 0.05) is 31.7 Å². The van der Waals surface area contributed by atoms with Gasteiger partial charge in [0.25, 0.3) is 5.91 Å². The fourth-order valence-corrected chi connectivity index (χ4v) is 2.23. The predicted molar refractivity (Wildman–Crippen MR) is 79.3 cm³/mol. The number of nitrogens with zero attached hydrogens (tertiary/aromatic N) is 2. The molecule has 1 saturated heterocycles. The summed E-state index contributed by atoms with van der Waals surface area (Å²) in [6.07, 6.45) is -0.385. The van der Waals surface area contributed by atoms with Crippen molar-refractivity contribution in [1.29, 1.82) is 0 Å². The molecule has 0 aromatic heterocycles. The number of carbonyl (C=O) groups is 3. The van der Waals surface area contributed by atoms with E-state index in [1.807, 2.05) is 6.07 Å². The second-order valence-electron chi connectivity index (χ2n) is 4.89. The van der Waals surface area contributed by atoms with Crippen LogP contribution in [0.15, 0.2) is 30.3 Å². The fraction of sp³-hybridized carbons (Fsp3) is 0.400. The topological polar surface area (TPSA) is 79.0 Å². The number of hydrogen-bond acceptors (Lipinski definition) is 4. The maximum atomic E-state index is 12.1. The van der Waals surface area contributed by atoms with Crippen LogP contribution in [0.5, 0.6) is 0 Å². The third kappa shape index (κ3) is 3.97. The SMILES string of the molecule is COC(=O)N1CCN(C(=O)CNC(=O)c2ccccc2)CC1. The fourth-order valence-electron chi connectivity index (χ4n) is 2.23. The second kappa shape index (κ2) is 7.44. The van der Waals surface area contributed by atoms with Crippen molar-refractivity contribution in [3.05, 3.63) is 35.9 Å². The summed E-state index contributed by atoms with van der Waals surface area (Å²) >= 11 is 0. The minimum absolute atomic E-state index is 0.0497. The number of amides is 3. The molecule has 0 radical (unpaired) electrons. The van der Waals surface area contributed by atoms with Crippen LogP contribution in [-0.4, -0.2) is 67.5 Å². The van der Waals surface area contributed by atoms with Crippen molar-refractivity contribution in [2.45, 2.75) is 0 Å². The van der Waals surface area contributed by atoms with E-state index in [0.29, 0.717) is 31.7 Å². The summed E-state index contributed by atoms with van der Waals surface area (Å²) in [6, 6.07) is 8.73. The maximum absolute atomic E-state index is 12.1. The molecule has 1 aliphatic rings. The first kappa shape index (κ1) is 15.8. The van der Waals surface area contributed by atoms with Crippen molar-refractivity contribution in [1.82, 2.24) is 15.1 Å². The molecule has 1 fully saturated rings. The molecule has 1 aliphatic heterocycles. The molecule has 0 unspecified atom stereocenters. The molecule has 2 rings (SSSR count). The molecule has 0 atom stereocenters. The average molecular weight is 305 g/mol. The first-order valence-electron chi connectivity index (χ1n) is 7.05. The number of benzene rings is 1. The second-order valence-corrected chi connectivity index (χ2v) is 4.89. The molecule has 0 aliphatic carbocycles. The van der Waals surface area contributed by atoms with Crippen LogP contribution in [0.4, 0.5) is 4.79 Å². The largest absolute Gasteiger partial charge is 0.453 e. The Kier molecular flexibility index (Phi) is 5.35. The lowest BCUT2D eigenvalue weighted by Gasteiger charge is -2.33. The minimum atomic E-state index is -0.385. The summed E-state index contributed by atoms with van der Waals surface area (Å²) in [5.74, 6) is -0.434. The van der Waals surface area contributed by atoms with Crippen molar-refractivity contribution in [2.24, 2.45) is 0 Å². The molecule has 7 heteroatoms. The van der Waals surface area contributed by atoms with Gasteiger partial charge in [-0.05, 0) is 12.1 Å². The van der Waals surface area contributed by atoms with Crippen molar-refractivity contribution < 1.29 is 19.1 Å². The molecule has 0 spiro atoms. The Labute approximate surface area is 128 Å². The van der Waals surface area contributed by atoms with Crippen LogP contribution in [0, 0.1) is 0 Å². The molecule has 0 saturated carbocycles. The van der Waals surface area contributed by atoms with Gasteiger partial charge in [0.15, 0.2) is 0 Å². The van der Waals surface area contributed by atoms with E-state index in [2.05, 4.69) is 10.1 Å². The van der Waals surface area contributed by atoms with E-state index in [-0.39, 0.29) is 24.5 Å². The van der Waals surface area contributed by atoms with Crippen LogP contribution in [0.2, 0.25) is 0 Å². The summed E-state index contributed by atoms with van der Waals surface area (Å²) in [4.78, 5) is 38.5. The summed E-state index contributed by atoms with van der Waals surface area (Å²) in [6.45, 7) is 1.70. The smallest absolute Gasteiger partial charge is 0.409 e. The Balaban J connectivity index is 1.77. The van der Waals surface area contributed by atoms with Crippen LogP contribution in [0.1, 0.15) is 10.4 Å². The van der Waals surface area contributed by atoms with Gasteiger partial charge in [-0.25, -0.2) is 4.79 Å². The Morgan fingerprint density at radius 2 is 1.64 bits per heavy atom. The van der Waals surface area contributed by atoms with Gasteiger partial charge in [0.05, 0.1) is 13.7 Å². The molecule has 1 heterocycles. The van der Waals surface area contributed by atoms with Gasteiger partial charge >= 0.3 is 6.09 Å². The molecule has 1 N–H and O–H groups in total. The van der Waals surface area contributed by atoms with Crippen LogP contribution >= 0.6 is 0 Å². The van der Waals surface area contributed by atoms with Crippen LogP contribution in [-0.2, 0) is 9.53 Å². The first-order valence-corrected chi connectivity index (χ1v) is 7.05. The molecular weight excluding hydrogens is 286 g/mol. The molecule has 1 aromatic rings. The molecule has 0 bridgehead atoms. The van der Waals surface area contributed by atoms with Crippen LogP contribution in [0.25, 0.3) is 0 Å². The zero-order valence-corrected chi connectivity index (χ0v) is 12.4. The highest BCUT2D eigenvalue weighted by atomic mass is 16.5. The van der Waals surface area contributed by atoms with Crippen LogP contribution in [0.3, 0.4) is 0 Å². The van der Waals surface area contributed by atoms with Gasteiger partial charge in [-0.3, -0.25) is 9.59 Å². The number of methoxy groups -OCH3 is 1. The summed E-state index contributed by atoms with van der Waals surface area (Å²) in [5.41, 5.74) is 0.519. The van der Waals surface area contributed by atoms with Gasteiger partial charge in [-0.15, -0.1) is 0 Å². The van der Waals surface area contributed by atoms with Gasteiger partial charge in [-0.1, -0.05) is 18.2 Å². The van der Waals surface area contributed by atoms with Gasteiger partial charge in [0.2, 0.25) is 5.91 Å². The zero-order valence-electron chi connectivity index (χ0n) is 12.4. The van der Waals surface area contributed by atoms with Gasteiger partial charge in [0.1, 0.15) is 0 Å². The third-order valence-corrected chi connectivity index (χ3v) is 3.50. The Bertz CT molecular complexity index is 539. The Morgan fingerprint density at radius 3 is 2.23 bits per heavy atom. The molecule has 22 heavy (non-hydrogen) atoms. The highest BCUT2D eigenvalue weighted by molar-refractivity contribution is 5.96. The highest BCUT2D eigenvalue weighted by Gasteiger charge is 2.24. The zero-order chi connectivity index (χ0) is 15.9. The maximum Gasteiger partial charge on any atom is 0.409 e. The van der Waals surface area contributed by atoms with E-state index < -0.39 is 0 Å². The van der Waals surface area contributed by atoms with E-state index in [4.69, 9.17) is 0 Å².